The predicted octanol–water partition coefficient (Wildman–Crippen LogP) is 3.06. The fraction of sp³-hybridized carbons (Fsp3) is 1.00. The molecule has 0 bridgehead atoms. The van der Waals surface area contributed by atoms with E-state index in [2.05, 4.69) is 27.7 Å². The van der Waals surface area contributed by atoms with E-state index in [9.17, 15) is 0 Å². The summed E-state index contributed by atoms with van der Waals surface area (Å²) in [5.74, 6) is 0. The Morgan fingerprint density at radius 1 is 0.571 bits per heavy atom. The molecule has 2 heteroatoms. The van der Waals surface area contributed by atoms with Crippen molar-refractivity contribution in [1.82, 2.24) is 0 Å². The number of hydrogen-bond acceptors (Lipinski definition) is 0. The van der Waals surface area contributed by atoms with Gasteiger partial charge in [-0.1, -0.05) is 27.7 Å². The Morgan fingerprint density at radius 3 is 0.929 bits per heavy atom. The number of nitrogens with zero attached hydrogens (tertiary/aromatic N) is 1. The van der Waals surface area contributed by atoms with Crippen LogP contribution in [0.2, 0.25) is 0 Å². The van der Waals surface area contributed by atoms with Gasteiger partial charge in [-0.3, -0.25) is 0 Å². The van der Waals surface area contributed by atoms with E-state index < -0.39 is 0 Å². The molecule has 0 aromatic heterocycles. The van der Waals surface area contributed by atoms with Crippen LogP contribution in [0.4, 0.5) is 0 Å². The first-order chi connectivity index (χ1) is 6.24. The first-order valence-electron chi connectivity index (χ1n) is 6.09. The van der Waals surface area contributed by atoms with Gasteiger partial charge in [0.2, 0.25) is 0 Å². The monoisotopic (exact) mass is 307 g/mol. The van der Waals surface area contributed by atoms with Gasteiger partial charge in [-0.15, -0.1) is 0 Å². The molecule has 0 aromatic carbocycles. The maximum Gasteiger partial charge on any atom is 3.00 e. The SMILES string of the molecule is CCC[N+](CCC)(CCC)CCC.[Sb+3]. The van der Waals surface area contributed by atoms with Gasteiger partial charge in [0.15, 0.2) is 0 Å². The fourth-order valence-corrected chi connectivity index (χ4v) is 2.57. The van der Waals surface area contributed by atoms with Crippen LogP contribution in [0.3, 0.4) is 0 Å². The molecule has 2 radical (unpaired) electrons. The minimum Gasteiger partial charge on any atom is -0.324 e. The van der Waals surface area contributed by atoms with Crippen LogP contribution in [-0.2, 0) is 0 Å². The molecule has 14 heavy (non-hydrogen) atoms. The van der Waals surface area contributed by atoms with Crippen LogP contribution in [0.5, 0.6) is 0 Å². The summed E-state index contributed by atoms with van der Waals surface area (Å²) in [6.45, 7) is 14.8. The van der Waals surface area contributed by atoms with Gasteiger partial charge in [-0.25, -0.2) is 0 Å². The van der Waals surface area contributed by atoms with Gasteiger partial charge >= 0.3 is 24.4 Å². The van der Waals surface area contributed by atoms with Gasteiger partial charge in [0.1, 0.15) is 0 Å². The molecule has 0 N–H and O–H groups in total. The van der Waals surface area contributed by atoms with Gasteiger partial charge in [0.05, 0.1) is 26.2 Å². The molecule has 0 amide bonds. The van der Waals surface area contributed by atoms with E-state index in [-0.39, 0.29) is 24.4 Å². The van der Waals surface area contributed by atoms with E-state index in [0.717, 1.165) is 0 Å². The molecule has 1 nitrogen and oxygen atoms in total. The first kappa shape index (κ1) is 17.2. The Balaban J connectivity index is 0. The molecule has 0 fully saturated rings. The second-order valence-corrected chi connectivity index (χ2v) is 4.24. The quantitative estimate of drug-likeness (QED) is 0.477. The van der Waals surface area contributed by atoms with Crippen LogP contribution in [0.1, 0.15) is 53.4 Å². The fourth-order valence-electron chi connectivity index (χ4n) is 2.57. The maximum atomic E-state index is 2.31. The summed E-state index contributed by atoms with van der Waals surface area (Å²) in [4.78, 5) is 0. The first-order valence-corrected chi connectivity index (χ1v) is 6.09. The van der Waals surface area contributed by atoms with Gasteiger partial charge in [0.25, 0.3) is 0 Å². The van der Waals surface area contributed by atoms with Crippen LogP contribution < -0.4 is 0 Å². The van der Waals surface area contributed by atoms with Crippen molar-refractivity contribution in [2.75, 3.05) is 26.2 Å². The van der Waals surface area contributed by atoms with Crippen molar-refractivity contribution in [1.29, 1.82) is 0 Å². The van der Waals surface area contributed by atoms with Crippen LogP contribution in [0, 0.1) is 0 Å². The Labute approximate surface area is 108 Å². The van der Waals surface area contributed by atoms with Crippen molar-refractivity contribution < 1.29 is 4.48 Å². The molecule has 0 spiro atoms. The topological polar surface area (TPSA) is 0 Å². The van der Waals surface area contributed by atoms with E-state index >= 15 is 0 Å². The second-order valence-electron chi connectivity index (χ2n) is 4.24. The second kappa shape index (κ2) is 10.3. The largest absolute Gasteiger partial charge is 3.00 e. The van der Waals surface area contributed by atoms with Gasteiger partial charge < -0.3 is 4.48 Å². The normalized spacial score (nSPS) is 11.1. The minimum atomic E-state index is 0. The smallest absolute Gasteiger partial charge is 0.324 e. The van der Waals surface area contributed by atoms with Crippen molar-refractivity contribution in [2.45, 2.75) is 53.4 Å². The van der Waals surface area contributed by atoms with Crippen LogP contribution in [0.15, 0.2) is 0 Å². The minimum absolute atomic E-state index is 0. The molecule has 0 aromatic rings. The number of rotatable bonds is 8. The third-order valence-corrected chi connectivity index (χ3v) is 2.79. The standard InChI is InChI=1S/C12H28N.Sb/c1-5-9-13(10-6-2,11-7-3)12-8-4;/h5-12H2,1-4H3;/q+1;+3. The van der Waals surface area contributed by atoms with E-state index in [1.54, 1.807) is 0 Å². The molecule has 0 saturated heterocycles. The molecule has 0 atom stereocenters. The summed E-state index contributed by atoms with van der Waals surface area (Å²) in [6, 6.07) is 0. The number of hydrogen-bond donors (Lipinski definition) is 0. The summed E-state index contributed by atoms with van der Waals surface area (Å²) in [5, 5.41) is 0. The zero-order valence-corrected chi connectivity index (χ0v) is 13.1. The molecular weight excluding hydrogens is 280 g/mol. The molecule has 0 rings (SSSR count). The van der Waals surface area contributed by atoms with E-state index in [1.165, 1.54) is 56.3 Å². The molecule has 0 unspecified atom stereocenters. The predicted molar refractivity (Wildman–Crippen MR) is 66.6 cm³/mol. The Bertz CT molecular complexity index is 85.4. The van der Waals surface area contributed by atoms with E-state index in [1.807, 2.05) is 0 Å². The van der Waals surface area contributed by atoms with Crippen molar-refractivity contribution in [3.63, 3.8) is 0 Å². The molecular formula is C12H28NSb+4. The maximum absolute atomic E-state index is 2.31. The Hall–Kier alpha value is 0.778. The van der Waals surface area contributed by atoms with Crippen molar-refractivity contribution in [2.24, 2.45) is 0 Å². The average Bonchev–Trinajstić information content (AvgIpc) is 2.06. The molecule has 0 heterocycles. The zero-order chi connectivity index (χ0) is 10.2. The molecule has 82 valence electrons. The number of quaternary nitrogens is 1. The Morgan fingerprint density at radius 2 is 0.786 bits per heavy atom. The van der Waals surface area contributed by atoms with Gasteiger partial charge in [-0.05, 0) is 25.7 Å². The zero-order valence-electron chi connectivity index (χ0n) is 10.6. The third kappa shape index (κ3) is 6.30. The van der Waals surface area contributed by atoms with Crippen molar-refractivity contribution in [3.8, 4) is 0 Å². The van der Waals surface area contributed by atoms with Crippen molar-refractivity contribution >= 4 is 24.4 Å². The summed E-state index contributed by atoms with van der Waals surface area (Å²) in [5.41, 5.74) is 0. The third-order valence-electron chi connectivity index (χ3n) is 2.79. The Kier molecular flexibility index (Phi) is 12.6. The average molecular weight is 308 g/mol. The summed E-state index contributed by atoms with van der Waals surface area (Å²) < 4.78 is 1.38. The van der Waals surface area contributed by atoms with E-state index in [0.29, 0.717) is 0 Å². The summed E-state index contributed by atoms with van der Waals surface area (Å²) in [6.07, 6.45) is 5.33. The van der Waals surface area contributed by atoms with Gasteiger partial charge in [0, 0.05) is 0 Å². The molecule has 0 aliphatic heterocycles. The summed E-state index contributed by atoms with van der Waals surface area (Å²) >= 11 is 0. The van der Waals surface area contributed by atoms with Crippen LogP contribution in [-0.4, -0.2) is 55.1 Å². The molecule has 0 aliphatic carbocycles. The summed E-state index contributed by atoms with van der Waals surface area (Å²) in [7, 11) is 0. The van der Waals surface area contributed by atoms with Crippen LogP contribution >= 0.6 is 0 Å². The van der Waals surface area contributed by atoms with E-state index in [4.69, 9.17) is 0 Å². The van der Waals surface area contributed by atoms with Crippen molar-refractivity contribution in [3.05, 3.63) is 0 Å². The molecule has 0 aliphatic rings. The van der Waals surface area contributed by atoms with Gasteiger partial charge in [-0.2, -0.15) is 0 Å². The van der Waals surface area contributed by atoms with Crippen LogP contribution in [0.25, 0.3) is 0 Å². The molecule has 0 saturated carbocycles.